The maximum atomic E-state index is 11.7. The number of unbranched alkanes of at least 4 members (excludes halogenated alkanes) is 1. The summed E-state index contributed by atoms with van der Waals surface area (Å²) in [6.45, 7) is 3.93. The summed E-state index contributed by atoms with van der Waals surface area (Å²) < 4.78 is 0. The number of hydrogen-bond acceptors (Lipinski definition) is 1. The molecule has 0 bridgehead atoms. The summed E-state index contributed by atoms with van der Waals surface area (Å²) in [5, 5.41) is 1.24. The van der Waals surface area contributed by atoms with Crippen molar-refractivity contribution >= 4 is 12.1 Å². The molecule has 0 saturated heterocycles. The summed E-state index contributed by atoms with van der Waals surface area (Å²) in [6.07, 6.45) is 7.45. The molecule has 0 heterocycles. The Hall–Kier alpha value is -0.390. The van der Waals surface area contributed by atoms with Crippen molar-refractivity contribution in [3.05, 3.63) is 30.3 Å². The van der Waals surface area contributed by atoms with Crippen LogP contribution in [-0.2, 0) is 0 Å². The van der Waals surface area contributed by atoms with Gasteiger partial charge in [-0.05, 0) is 0 Å². The Labute approximate surface area is 113 Å². The fourth-order valence-corrected chi connectivity index (χ4v) is 8.68. The first-order chi connectivity index (χ1) is 8.59. The van der Waals surface area contributed by atoms with Crippen molar-refractivity contribution in [2.75, 3.05) is 18.5 Å². The molecule has 1 aromatic carbocycles. The third-order valence-corrected chi connectivity index (χ3v) is 9.97. The SMILES string of the molecule is CCCCP(O)(CCC)(CCC)c1ccccc1. The van der Waals surface area contributed by atoms with E-state index in [0.29, 0.717) is 0 Å². The van der Waals surface area contributed by atoms with E-state index in [1.54, 1.807) is 0 Å². The molecule has 0 aliphatic carbocycles. The number of rotatable bonds is 8. The van der Waals surface area contributed by atoms with Crippen molar-refractivity contribution in [1.82, 2.24) is 0 Å². The van der Waals surface area contributed by atoms with E-state index in [9.17, 15) is 4.89 Å². The van der Waals surface area contributed by atoms with E-state index < -0.39 is 6.83 Å². The molecule has 18 heavy (non-hydrogen) atoms. The van der Waals surface area contributed by atoms with Crippen LogP contribution in [-0.4, -0.2) is 23.4 Å². The monoisotopic (exact) mass is 268 g/mol. The van der Waals surface area contributed by atoms with Gasteiger partial charge in [-0.25, -0.2) is 0 Å². The van der Waals surface area contributed by atoms with Gasteiger partial charge in [0, 0.05) is 0 Å². The average molecular weight is 268 g/mol. The van der Waals surface area contributed by atoms with Gasteiger partial charge in [-0.1, -0.05) is 0 Å². The van der Waals surface area contributed by atoms with Crippen molar-refractivity contribution in [3.63, 3.8) is 0 Å². The van der Waals surface area contributed by atoms with Crippen LogP contribution in [0.3, 0.4) is 0 Å². The zero-order chi connectivity index (χ0) is 13.5. The van der Waals surface area contributed by atoms with Gasteiger partial charge in [-0.3, -0.25) is 0 Å². The Morgan fingerprint density at radius 1 is 0.833 bits per heavy atom. The van der Waals surface area contributed by atoms with Crippen LogP contribution in [0.2, 0.25) is 0 Å². The van der Waals surface area contributed by atoms with E-state index >= 15 is 0 Å². The standard InChI is InChI=1S/C16H29OP/c1-4-7-15-18(17,13-5-2,14-6-3)16-11-9-8-10-12-16/h8-12,17H,4-7,13-15H2,1-3H3. The molecule has 2 heteroatoms. The quantitative estimate of drug-likeness (QED) is 0.693. The zero-order valence-corrected chi connectivity index (χ0v) is 13.1. The topological polar surface area (TPSA) is 20.2 Å². The summed E-state index contributed by atoms with van der Waals surface area (Å²) in [5.41, 5.74) is 0. The molecular formula is C16H29OP. The minimum absolute atomic E-state index is 0.990. The van der Waals surface area contributed by atoms with Gasteiger partial charge in [0.2, 0.25) is 0 Å². The molecule has 0 aliphatic heterocycles. The molecule has 1 rings (SSSR count). The average Bonchev–Trinajstić information content (AvgIpc) is 2.39. The summed E-state index contributed by atoms with van der Waals surface area (Å²) in [4.78, 5) is 11.7. The molecule has 0 radical (unpaired) electrons. The third-order valence-electron chi connectivity index (χ3n) is 3.96. The van der Waals surface area contributed by atoms with Crippen molar-refractivity contribution in [3.8, 4) is 0 Å². The molecule has 0 atom stereocenters. The van der Waals surface area contributed by atoms with E-state index in [4.69, 9.17) is 0 Å². The molecule has 0 aromatic heterocycles. The van der Waals surface area contributed by atoms with Gasteiger partial charge in [-0.2, -0.15) is 0 Å². The summed E-state index contributed by atoms with van der Waals surface area (Å²) in [7, 11) is 0. The van der Waals surface area contributed by atoms with E-state index in [1.807, 2.05) is 6.07 Å². The Morgan fingerprint density at radius 3 is 1.83 bits per heavy atom. The predicted molar refractivity (Wildman–Crippen MR) is 85.3 cm³/mol. The molecule has 1 N–H and O–H groups in total. The molecule has 0 saturated carbocycles. The second kappa shape index (κ2) is 6.68. The van der Waals surface area contributed by atoms with Gasteiger partial charge >= 0.3 is 112 Å². The van der Waals surface area contributed by atoms with Gasteiger partial charge in [0.15, 0.2) is 0 Å². The van der Waals surface area contributed by atoms with Crippen molar-refractivity contribution < 1.29 is 4.89 Å². The van der Waals surface area contributed by atoms with Crippen LogP contribution in [0.4, 0.5) is 0 Å². The van der Waals surface area contributed by atoms with Crippen LogP contribution in [0.25, 0.3) is 0 Å². The molecule has 0 aliphatic rings. The van der Waals surface area contributed by atoms with Crippen LogP contribution in [0.15, 0.2) is 30.3 Å². The second-order valence-corrected chi connectivity index (χ2v) is 10.7. The van der Waals surface area contributed by atoms with E-state index in [-0.39, 0.29) is 0 Å². The third kappa shape index (κ3) is 3.33. The Morgan fingerprint density at radius 2 is 1.39 bits per heavy atom. The van der Waals surface area contributed by atoms with E-state index in [2.05, 4.69) is 45.0 Å². The first kappa shape index (κ1) is 15.7. The first-order valence-electron chi connectivity index (χ1n) is 7.40. The van der Waals surface area contributed by atoms with Crippen LogP contribution in [0, 0.1) is 0 Å². The van der Waals surface area contributed by atoms with Crippen molar-refractivity contribution in [2.24, 2.45) is 0 Å². The van der Waals surface area contributed by atoms with Gasteiger partial charge in [0.1, 0.15) is 0 Å². The maximum absolute atomic E-state index is 11.7. The Bertz CT molecular complexity index is 341. The summed E-state index contributed by atoms with van der Waals surface area (Å²) >= 11 is 0. The molecule has 0 amide bonds. The molecular weight excluding hydrogens is 239 g/mol. The number of hydrogen-bond donors (Lipinski definition) is 1. The molecule has 1 nitrogen and oxygen atoms in total. The molecule has 0 unspecified atom stereocenters. The summed E-state index contributed by atoms with van der Waals surface area (Å²) in [5.74, 6) is 0. The number of benzene rings is 1. The van der Waals surface area contributed by atoms with Gasteiger partial charge in [0.05, 0.1) is 0 Å². The van der Waals surface area contributed by atoms with Crippen LogP contribution >= 0.6 is 6.83 Å². The van der Waals surface area contributed by atoms with Crippen LogP contribution in [0.5, 0.6) is 0 Å². The summed E-state index contributed by atoms with van der Waals surface area (Å²) in [6, 6.07) is 10.5. The fraction of sp³-hybridized carbons (Fsp3) is 0.625. The van der Waals surface area contributed by atoms with Gasteiger partial charge < -0.3 is 0 Å². The minimum atomic E-state index is -2.68. The van der Waals surface area contributed by atoms with Crippen LogP contribution < -0.4 is 5.30 Å². The van der Waals surface area contributed by atoms with Crippen LogP contribution in [0.1, 0.15) is 46.5 Å². The Balaban J connectivity index is 3.19. The molecule has 0 fully saturated rings. The van der Waals surface area contributed by atoms with Crippen molar-refractivity contribution in [2.45, 2.75) is 46.5 Å². The predicted octanol–water partition coefficient (Wildman–Crippen LogP) is 4.39. The molecule has 1 aromatic rings. The van der Waals surface area contributed by atoms with E-state index in [1.165, 1.54) is 11.7 Å². The van der Waals surface area contributed by atoms with Crippen molar-refractivity contribution in [1.29, 1.82) is 0 Å². The normalized spacial score (nSPS) is 14.1. The zero-order valence-electron chi connectivity index (χ0n) is 12.2. The molecule has 104 valence electrons. The molecule has 0 spiro atoms. The fourth-order valence-electron chi connectivity index (χ4n) is 3.12. The first-order valence-corrected chi connectivity index (χ1v) is 10.1. The van der Waals surface area contributed by atoms with E-state index in [0.717, 1.165) is 37.7 Å². The van der Waals surface area contributed by atoms with Gasteiger partial charge in [0.25, 0.3) is 0 Å². The Kier molecular flexibility index (Phi) is 5.82. The second-order valence-electron chi connectivity index (χ2n) is 5.53. The van der Waals surface area contributed by atoms with Gasteiger partial charge in [-0.15, -0.1) is 0 Å².